The molecule has 1 aliphatic carbocycles. The number of thiophene rings is 1. The van der Waals surface area contributed by atoms with E-state index in [-0.39, 0.29) is 6.10 Å². The summed E-state index contributed by atoms with van der Waals surface area (Å²) in [6, 6.07) is 12.6. The molecule has 0 aliphatic heterocycles. The molecule has 1 nitrogen and oxygen atoms in total. The van der Waals surface area contributed by atoms with Crippen LogP contribution in [-0.4, -0.2) is 5.11 Å². The first-order valence-electron chi connectivity index (χ1n) is 6.15. The van der Waals surface area contributed by atoms with E-state index in [1.807, 2.05) is 6.07 Å². The molecule has 2 aromatic rings. The predicted octanol–water partition coefficient (Wildman–Crippen LogP) is 4.66. The zero-order valence-electron chi connectivity index (χ0n) is 10.1. The molecule has 0 amide bonds. The Bertz CT molecular complexity index is 549. The third-order valence-corrected chi connectivity index (χ3v) is 5.62. The van der Waals surface area contributed by atoms with Crippen molar-refractivity contribution < 1.29 is 5.11 Å². The number of rotatable bonds is 3. The molecular formula is C15H15BrOS. The lowest BCUT2D eigenvalue weighted by atomic mass is 10.1. The van der Waals surface area contributed by atoms with E-state index in [0.717, 1.165) is 15.8 Å². The minimum Gasteiger partial charge on any atom is -0.387 e. The molecule has 3 unspecified atom stereocenters. The topological polar surface area (TPSA) is 20.2 Å². The van der Waals surface area contributed by atoms with Crippen molar-refractivity contribution in [1.82, 2.24) is 0 Å². The van der Waals surface area contributed by atoms with Gasteiger partial charge in [0.1, 0.15) is 0 Å². The largest absolute Gasteiger partial charge is 0.387 e. The van der Waals surface area contributed by atoms with Crippen molar-refractivity contribution in [2.24, 2.45) is 5.92 Å². The quantitative estimate of drug-likeness (QED) is 0.871. The molecule has 3 rings (SSSR count). The number of hydrogen-bond donors (Lipinski definition) is 1. The Morgan fingerprint density at radius 3 is 2.67 bits per heavy atom. The van der Waals surface area contributed by atoms with Crippen LogP contribution in [0.25, 0.3) is 0 Å². The minimum absolute atomic E-state index is 0.330. The normalized spacial score (nSPS) is 23.9. The van der Waals surface area contributed by atoms with E-state index in [1.165, 1.54) is 10.4 Å². The number of aliphatic hydroxyl groups is 1. The Morgan fingerprint density at radius 2 is 2.06 bits per heavy atom. The van der Waals surface area contributed by atoms with Crippen LogP contribution in [0, 0.1) is 12.8 Å². The summed E-state index contributed by atoms with van der Waals surface area (Å²) >= 11 is 5.23. The average Bonchev–Trinajstić information content (AvgIpc) is 3.10. The standard InChI is InChI=1S/C15H15BrOS/c1-9-7-13(16)15(18-9)14(17)12-8-11(12)10-5-3-2-4-6-10/h2-7,11-12,14,17H,8H2,1H3. The third kappa shape index (κ3) is 2.27. The molecule has 1 aromatic heterocycles. The first-order chi connectivity index (χ1) is 8.66. The smallest absolute Gasteiger partial charge is 0.0927 e. The van der Waals surface area contributed by atoms with Gasteiger partial charge in [-0.3, -0.25) is 0 Å². The van der Waals surface area contributed by atoms with Crippen molar-refractivity contribution in [3.63, 3.8) is 0 Å². The SMILES string of the molecule is Cc1cc(Br)c(C(O)C2CC2c2ccccc2)s1. The van der Waals surface area contributed by atoms with Crippen LogP contribution in [0.5, 0.6) is 0 Å². The maximum atomic E-state index is 10.5. The van der Waals surface area contributed by atoms with Gasteiger partial charge >= 0.3 is 0 Å². The fourth-order valence-electron chi connectivity index (χ4n) is 2.54. The van der Waals surface area contributed by atoms with Crippen molar-refractivity contribution >= 4 is 27.3 Å². The molecule has 18 heavy (non-hydrogen) atoms. The second-order valence-electron chi connectivity index (χ2n) is 4.93. The highest BCUT2D eigenvalue weighted by molar-refractivity contribution is 9.10. The van der Waals surface area contributed by atoms with E-state index in [1.54, 1.807) is 11.3 Å². The van der Waals surface area contributed by atoms with Gasteiger partial charge in [-0.1, -0.05) is 30.3 Å². The molecule has 1 saturated carbocycles. The molecule has 1 N–H and O–H groups in total. The summed E-state index contributed by atoms with van der Waals surface area (Å²) < 4.78 is 1.05. The summed E-state index contributed by atoms with van der Waals surface area (Å²) in [5.74, 6) is 0.900. The second kappa shape index (κ2) is 4.80. The summed E-state index contributed by atoms with van der Waals surface area (Å²) in [5.41, 5.74) is 1.35. The molecule has 1 fully saturated rings. The fraction of sp³-hybridized carbons (Fsp3) is 0.333. The van der Waals surface area contributed by atoms with Gasteiger partial charge < -0.3 is 5.11 Å². The highest BCUT2D eigenvalue weighted by atomic mass is 79.9. The fourth-order valence-corrected chi connectivity index (χ4v) is 4.49. The monoisotopic (exact) mass is 322 g/mol. The number of hydrogen-bond acceptors (Lipinski definition) is 2. The predicted molar refractivity (Wildman–Crippen MR) is 79.0 cm³/mol. The van der Waals surface area contributed by atoms with Gasteiger partial charge in [0.2, 0.25) is 0 Å². The van der Waals surface area contributed by atoms with E-state index >= 15 is 0 Å². The third-order valence-electron chi connectivity index (χ3n) is 3.58. The van der Waals surface area contributed by atoms with Gasteiger partial charge in [0.05, 0.1) is 6.10 Å². The van der Waals surface area contributed by atoms with Crippen molar-refractivity contribution in [3.8, 4) is 0 Å². The summed E-state index contributed by atoms with van der Waals surface area (Å²) in [6.45, 7) is 2.08. The molecule has 1 aliphatic rings. The lowest BCUT2D eigenvalue weighted by Crippen LogP contribution is -1.99. The van der Waals surface area contributed by atoms with Crippen LogP contribution in [-0.2, 0) is 0 Å². The average molecular weight is 323 g/mol. The summed E-state index contributed by atoms with van der Waals surface area (Å²) in [7, 11) is 0. The number of halogens is 1. The van der Waals surface area contributed by atoms with Crippen LogP contribution in [0.4, 0.5) is 0 Å². The first kappa shape index (κ1) is 12.4. The Labute approximate surface area is 120 Å². The zero-order valence-corrected chi connectivity index (χ0v) is 12.5. The van der Waals surface area contributed by atoms with Crippen molar-refractivity contribution in [2.75, 3.05) is 0 Å². The molecule has 1 aromatic carbocycles. The molecule has 0 saturated heterocycles. The van der Waals surface area contributed by atoms with E-state index in [4.69, 9.17) is 0 Å². The first-order valence-corrected chi connectivity index (χ1v) is 7.76. The van der Waals surface area contributed by atoms with Gasteiger partial charge in [-0.25, -0.2) is 0 Å². The molecule has 0 spiro atoms. The van der Waals surface area contributed by atoms with Gasteiger partial charge in [-0.15, -0.1) is 11.3 Å². The molecule has 1 heterocycles. The van der Waals surface area contributed by atoms with Crippen molar-refractivity contribution in [1.29, 1.82) is 0 Å². The lowest BCUT2D eigenvalue weighted by Gasteiger charge is -2.09. The van der Waals surface area contributed by atoms with Crippen LogP contribution in [0.2, 0.25) is 0 Å². The molecular weight excluding hydrogens is 308 g/mol. The van der Waals surface area contributed by atoms with E-state index in [0.29, 0.717) is 11.8 Å². The molecule has 3 atom stereocenters. The van der Waals surface area contributed by atoms with Gasteiger partial charge in [-0.05, 0) is 52.7 Å². The van der Waals surface area contributed by atoms with Gasteiger partial charge in [0.25, 0.3) is 0 Å². The second-order valence-corrected chi connectivity index (χ2v) is 7.07. The van der Waals surface area contributed by atoms with Crippen LogP contribution in [0.3, 0.4) is 0 Å². The van der Waals surface area contributed by atoms with Gasteiger partial charge in [0, 0.05) is 14.2 Å². The Kier molecular flexibility index (Phi) is 3.31. The van der Waals surface area contributed by atoms with Crippen LogP contribution in [0.15, 0.2) is 40.9 Å². The molecule has 0 bridgehead atoms. The Balaban J connectivity index is 1.77. The number of aryl methyl sites for hydroxylation is 1. The lowest BCUT2D eigenvalue weighted by molar-refractivity contribution is 0.154. The van der Waals surface area contributed by atoms with Crippen LogP contribution in [0.1, 0.15) is 33.8 Å². The number of benzene rings is 1. The zero-order chi connectivity index (χ0) is 12.7. The molecule has 94 valence electrons. The highest BCUT2D eigenvalue weighted by Crippen LogP contribution is 2.55. The van der Waals surface area contributed by atoms with Gasteiger partial charge in [-0.2, -0.15) is 0 Å². The maximum absolute atomic E-state index is 10.5. The Morgan fingerprint density at radius 1 is 1.33 bits per heavy atom. The summed E-state index contributed by atoms with van der Waals surface area (Å²) in [4.78, 5) is 2.32. The van der Waals surface area contributed by atoms with Crippen molar-refractivity contribution in [2.45, 2.75) is 25.4 Å². The summed E-state index contributed by atoms with van der Waals surface area (Å²) in [5, 5.41) is 10.5. The van der Waals surface area contributed by atoms with E-state index in [9.17, 15) is 5.11 Å². The van der Waals surface area contributed by atoms with Crippen molar-refractivity contribution in [3.05, 3.63) is 56.2 Å². The summed E-state index contributed by atoms with van der Waals surface area (Å²) in [6.07, 6.45) is 0.762. The van der Waals surface area contributed by atoms with E-state index in [2.05, 4.69) is 53.2 Å². The number of aliphatic hydroxyl groups excluding tert-OH is 1. The van der Waals surface area contributed by atoms with Crippen LogP contribution >= 0.6 is 27.3 Å². The van der Waals surface area contributed by atoms with Crippen LogP contribution < -0.4 is 0 Å². The molecule has 0 radical (unpaired) electrons. The maximum Gasteiger partial charge on any atom is 0.0927 e. The highest BCUT2D eigenvalue weighted by Gasteiger charge is 2.44. The molecule has 3 heteroatoms. The van der Waals surface area contributed by atoms with Gasteiger partial charge in [0.15, 0.2) is 0 Å². The minimum atomic E-state index is -0.330. The Hall–Kier alpha value is -0.640. The van der Waals surface area contributed by atoms with E-state index < -0.39 is 0 Å².